The summed E-state index contributed by atoms with van der Waals surface area (Å²) in [5.41, 5.74) is -2.57. The number of carbonyl (C=O) groups is 2. The summed E-state index contributed by atoms with van der Waals surface area (Å²) >= 11 is 12.8. The van der Waals surface area contributed by atoms with Gasteiger partial charge >= 0.3 is 18.1 Å². The van der Waals surface area contributed by atoms with E-state index in [2.05, 4.69) is 4.99 Å². The van der Waals surface area contributed by atoms with Crippen molar-refractivity contribution in [2.45, 2.75) is 26.1 Å². The van der Waals surface area contributed by atoms with Crippen LogP contribution in [0.25, 0.3) is 6.08 Å². The molecular formula is C27H21Cl2F3N2O6S. The Bertz CT molecular complexity index is 1700. The van der Waals surface area contributed by atoms with E-state index in [1.165, 1.54) is 55.5 Å². The average Bonchev–Trinajstić information content (AvgIpc) is 3.22. The van der Waals surface area contributed by atoms with Crippen LogP contribution in [0, 0.1) is 0 Å². The number of thiazole rings is 1. The highest BCUT2D eigenvalue weighted by atomic mass is 35.5. The van der Waals surface area contributed by atoms with E-state index in [0.717, 1.165) is 4.57 Å². The minimum Gasteiger partial charge on any atom is -0.481 e. The smallest absolute Gasteiger partial charge is 0.434 e. The van der Waals surface area contributed by atoms with E-state index < -0.39 is 47.6 Å². The van der Waals surface area contributed by atoms with Gasteiger partial charge in [-0.3, -0.25) is 9.36 Å². The fourth-order valence-electron chi connectivity index (χ4n) is 4.04. The van der Waals surface area contributed by atoms with Gasteiger partial charge in [-0.2, -0.15) is 13.2 Å². The van der Waals surface area contributed by atoms with Crippen LogP contribution in [0.2, 0.25) is 10.0 Å². The molecule has 1 aliphatic heterocycles. The second kappa shape index (κ2) is 12.5. The van der Waals surface area contributed by atoms with Crippen molar-refractivity contribution in [3.8, 4) is 5.75 Å². The maximum absolute atomic E-state index is 14.3. The monoisotopic (exact) mass is 628 g/mol. The molecule has 1 aliphatic rings. The molecule has 0 N–H and O–H groups in total. The zero-order valence-electron chi connectivity index (χ0n) is 21.5. The molecule has 3 aromatic rings. The topological polar surface area (TPSA) is 96.2 Å². The van der Waals surface area contributed by atoms with Crippen LogP contribution in [0.5, 0.6) is 5.75 Å². The quantitative estimate of drug-likeness (QED) is 0.339. The lowest BCUT2D eigenvalue weighted by molar-refractivity contribution is -0.145. The molecule has 0 unspecified atom stereocenters. The number of alkyl halides is 3. The fourth-order valence-corrected chi connectivity index (χ4v) is 5.34. The molecule has 2 aromatic carbocycles. The van der Waals surface area contributed by atoms with E-state index in [1.54, 1.807) is 6.92 Å². The highest BCUT2D eigenvalue weighted by Gasteiger charge is 2.45. The normalized spacial score (nSPS) is 15.3. The highest BCUT2D eigenvalue weighted by Crippen LogP contribution is 2.38. The molecular weight excluding hydrogens is 608 g/mol. The predicted octanol–water partition coefficient (Wildman–Crippen LogP) is 4.59. The van der Waals surface area contributed by atoms with E-state index in [-0.39, 0.29) is 44.4 Å². The first kappa shape index (κ1) is 30.4. The number of hydrogen-bond acceptors (Lipinski definition) is 8. The summed E-state index contributed by atoms with van der Waals surface area (Å²) in [5, 5.41) is 0.575. The van der Waals surface area contributed by atoms with Crippen molar-refractivity contribution in [3.05, 3.63) is 94.6 Å². The van der Waals surface area contributed by atoms with Crippen molar-refractivity contribution in [2.75, 3.05) is 19.8 Å². The van der Waals surface area contributed by atoms with E-state index in [0.29, 0.717) is 16.4 Å². The van der Waals surface area contributed by atoms with Crippen LogP contribution in [0.1, 0.15) is 31.0 Å². The Morgan fingerprint density at radius 1 is 1.05 bits per heavy atom. The second-order valence-electron chi connectivity index (χ2n) is 8.39. The zero-order chi connectivity index (χ0) is 29.9. The molecule has 1 aromatic heterocycles. The number of fused-ring (bicyclic) bond motifs is 1. The Hall–Kier alpha value is -3.61. The maximum atomic E-state index is 14.3. The first-order valence-corrected chi connectivity index (χ1v) is 13.7. The average molecular weight is 629 g/mol. The van der Waals surface area contributed by atoms with Gasteiger partial charge in [0.1, 0.15) is 5.75 Å². The number of esters is 2. The first-order chi connectivity index (χ1) is 19.4. The lowest BCUT2D eigenvalue weighted by atomic mass is 9.95. The number of nitrogens with zero attached hydrogens (tertiary/aromatic N) is 2. The molecule has 14 heteroatoms. The molecule has 4 rings (SSSR count). The van der Waals surface area contributed by atoms with Gasteiger partial charge in [-0.15, -0.1) is 0 Å². The van der Waals surface area contributed by atoms with Gasteiger partial charge < -0.3 is 14.2 Å². The number of halogens is 5. The second-order valence-corrected chi connectivity index (χ2v) is 10.3. The standard InChI is InChI=1S/C27H21Cl2F3N2O6S/c1-3-38-20(35)13-40-18-10-9-17(29)11-15(18)12-19-24(36)34-22(14-5-7-16(28)8-6-14)21(25(37)39-4-2)23(27(30,31)32)33-26(34)41-19/h5-12,22H,3-4,13H2,1-2H3/b19-12-/t22-/m1/s1. The largest absolute Gasteiger partial charge is 0.481 e. The maximum Gasteiger partial charge on any atom is 0.434 e. The first-order valence-electron chi connectivity index (χ1n) is 12.1. The molecule has 0 aliphatic carbocycles. The van der Waals surface area contributed by atoms with Gasteiger partial charge in [0, 0.05) is 15.6 Å². The molecule has 1 atom stereocenters. The molecule has 216 valence electrons. The van der Waals surface area contributed by atoms with Gasteiger partial charge in [0.15, 0.2) is 17.1 Å². The Labute approximate surface area is 244 Å². The fraction of sp³-hybridized carbons (Fsp3) is 0.259. The third kappa shape index (κ3) is 6.66. The minimum absolute atomic E-state index is 0.0300. The summed E-state index contributed by atoms with van der Waals surface area (Å²) in [6.07, 6.45) is -3.68. The third-order valence-electron chi connectivity index (χ3n) is 5.69. The van der Waals surface area contributed by atoms with E-state index >= 15 is 0 Å². The van der Waals surface area contributed by atoms with Crippen molar-refractivity contribution in [1.29, 1.82) is 0 Å². The van der Waals surface area contributed by atoms with Crippen molar-refractivity contribution < 1.29 is 37.0 Å². The van der Waals surface area contributed by atoms with Crippen LogP contribution >= 0.6 is 34.5 Å². The van der Waals surface area contributed by atoms with Crippen LogP contribution in [-0.4, -0.2) is 42.5 Å². The molecule has 0 spiro atoms. The van der Waals surface area contributed by atoms with Crippen LogP contribution in [0.15, 0.2) is 63.5 Å². The van der Waals surface area contributed by atoms with Gasteiger partial charge in [0.2, 0.25) is 0 Å². The van der Waals surface area contributed by atoms with Gasteiger partial charge in [0.25, 0.3) is 5.56 Å². The Balaban J connectivity index is 1.95. The molecule has 0 saturated heterocycles. The van der Waals surface area contributed by atoms with E-state index in [9.17, 15) is 27.6 Å². The molecule has 0 saturated carbocycles. The molecule has 8 nitrogen and oxygen atoms in total. The molecule has 0 amide bonds. The molecule has 0 fully saturated rings. The summed E-state index contributed by atoms with van der Waals surface area (Å²) in [4.78, 5) is 41.9. The summed E-state index contributed by atoms with van der Waals surface area (Å²) in [7, 11) is 0. The number of aromatic nitrogens is 1. The number of benzene rings is 2. The summed E-state index contributed by atoms with van der Waals surface area (Å²) < 4.78 is 59.1. The molecule has 41 heavy (non-hydrogen) atoms. The Morgan fingerprint density at radius 2 is 1.71 bits per heavy atom. The zero-order valence-corrected chi connectivity index (χ0v) is 23.8. The number of hydrogen-bond donors (Lipinski definition) is 0. The van der Waals surface area contributed by atoms with Crippen LogP contribution in [0.4, 0.5) is 13.2 Å². The lowest BCUT2D eigenvalue weighted by Crippen LogP contribution is -2.41. The van der Waals surface area contributed by atoms with Crippen molar-refractivity contribution >= 4 is 52.6 Å². The number of rotatable bonds is 8. The van der Waals surface area contributed by atoms with Crippen LogP contribution < -0.4 is 19.6 Å². The Morgan fingerprint density at radius 3 is 2.34 bits per heavy atom. The molecule has 0 radical (unpaired) electrons. The number of ether oxygens (including phenoxy) is 3. The SMILES string of the molecule is CCOC(=O)COc1ccc(Cl)cc1/C=c1\sc2n(c1=O)[C@H](c1ccc(Cl)cc1)C(C(=O)OCC)=C(C(F)(F)F)N=2. The highest BCUT2D eigenvalue weighted by molar-refractivity contribution is 7.07. The van der Waals surface area contributed by atoms with Crippen LogP contribution in [0.3, 0.4) is 0 Å². The van der Waals surface area contributed by atoms with E-state index in [4.69, 9.17) is 37.4 Å². The summed E-state index contributed by atoms with van der Waals surface area (Å²) in [5.74, 6) is -1.71. The van der Waals surface area contributed by atoms with Crippen molar-refractivity contribution in [3.63, 3.8) is 0 Å². The van der Waals surface area contributed by atoms with Crippen molar-refractivity contribution in [1.82, 2.24) is 4.57 Å². The van der Waals surface area contributed by atoms with Gasteiger partial charge in [-0.1, -0.05) is 46.7 Å². The van der Waals surface area contributed by atoms with E-state index in [1.807, 2.05) is 0 Å². The molecule has 0 bridgehead atoms. The molecule has 2 heterocycles. The predicted molar refractivity (Wildman–Crippen MR) is 146 cm³/mol. The minimum atomic E-state index is -5.04. The summed E-state index contributed by atoms with van der Waals surface area (Å²) in [6, 6.07) is 8.62. The Kier molecular flexibility index (Phi) is 9.25. The van der Waals surface area contributed by atoms with Gasteiger partial charge in [-0.05, 0) is 55.8 Å². The van der Waals surface area contributed by atoms with Gasteiger partial charge in [-0.25, -0.2) is 14.6 Å². The lowest BCUT2D eigenvalue weighted by Gasteiger charge is -2.26. The number of allylic oxidation sites excluding steroid dienone is 1. The number of carbonyl (C=O) groups excluding carboxylic acids is 2. The third-order valence-corrected chi connectivity index (χ3v) is 7.16. The van der Waals surface area contributed by atoms with Gasteiger partial charge in [0.05, 0.1) is 29.4 Å². The van der Waals surface area contributed by atoms with Crippen molar-refractivity contribution in [2.24, 2.45) is 4.99 Å². The summed E-state index contributed by atoms with van der Waals surface area (Å²) in [6.45, 7) is 2.62. The van der Waals surface area contributed by atoms with Crippen LogP contribution in [-0.2, 0) is 19.1 Å².